The molecule has 2 heterocycles. The number of oxazole rings is 1. The first-order valence-corrected chi connectivity index (χ1v) is 9.00. The van der Waals surface area contributed by atoms with Crippen molar-refractivity contribution in [1.82, 2.24) is 15.2 Å². The molecule has 1 N–H and O–H groups in total. The molecule has 0 aromatic carbocycles. The van der Waals surface area contributed by atoms with Crippen molar-refractivity contribution in [2.75, 3.05) is 32.8 Å². The van der Waals surface area contributed by atoms with E-state index in [1.165, 1.54) is 0 Å². The second-order valence-electron chi connectivity index (χ2n) is 7.30. The highest BCUT2D eigenvalue weighted by atomic mass is 16.5. The summed E-state index contributed by atoms with van der Waals surface area (Å²) in [5.74, 6) is 3.09. The Hall–Kier alpha value is -1.56. The average Bonchev–Trinajstić information content (AvgIpc) is 3.18. The van der Waals surface area contributed by atoms with Crippen LogP contribution < -0.4 is 5.32 Å². The zero-order chi connectivity index (χ0) is 17.6. The molecule has 1 aliphatic rings. The molecule has 6 heteroatoms. The summed E-state index contributed by atoms with van der Waals surface area (Å²) in [6, 6.07) is 0. The van der Waals surface area contributed by atoms with E-state index in [0.717, 1.165) is 51.0 Å². The van der Waals surface area contributed by atoms with E-state index in [1.807, 2.05) is 13.1 Å². The number of nitrogens with one attached hydrogen (secondary N) is 1. The summed E-state index contributed by atoms with van der Waals surface area (Å²) in [6.45, 7) is 15.4. The van der Waals surface area contributed by atoms with Gasteiger partial charge in [-0.2, -0.15) is 0 Å². The number of nitrogens with zero attached hydrogens (tertiary/aromatic N) is 3. The summed E-state index contributed by atoms with van der Waals surface area (Å²) < 4.78 is 11.4. The van der Waals surface area contributed by atoms with Crippen LogP contribution in [0.15, 0.2) is 15.6 Å². The number of aromatic nitrogens is 1. The van der Waals surface area contributed by atoms with E-state index >= 15 is 0 Å². The molecule has 1 saturated heterocycles. The maximum atomic E-state index is 5.83. The Morgan fingerprint density at radius 1 is 1.46 bits per heavy atom. The largest absolute Gasteiger partial charge is 0.443 e. The van der Waals surface area contributed by atoms with E-state index in [0.29, 0.717) is 18.4 Å². The SMILES string of the molecule is CCNC(=NCc1ncc(C(C)(C)C)o1)N1CCC(COCC)C1. The Bertz CT molecular complexity index is 533. The van der Waals surface area contributed by atoms with Crippen molar-refractivity contribution >= 4 is 5.96 Å². The molecular weight excluding hydrogens is 304 g/mol. The lowest BCUT2D eigenvalue weighted by Crippen LogP contribution is -2.40. The van der Waals surface area contributed by atoms with Gasteiger partial charge in [-0.15, -0.1) is 0 Å². The fraction of sp³-hybridized carbons (Fsp3) is 0.778. The predicted molar refractivity (Wildman–Crippen MR) is 96.2 cm³/mol. The number of likely N-dealkylation sites (tertiary alicyclic amines) is 1. The van der Waals surface area contributed by atoms with Gasteiger partial charge >= 0.3 is 0 Å². The van der Waals surface area contributed by atoms with Crippen LogP contribution in [0.3, 0.4) is 0 Å². The molecule has 136 valence electrons. The van der Waals surface area contributed by atoms with Gasteiger partial charge in [0, 0.05) is 37.6 Å². The monoisotopic (exact) mass is 336 g/mol. The summed E-state index contributed by atoms with van der Waals surface area (Å²) in [6.07, 6.45) is 2.96. The van der Waals surface area contributed by atoms with Crippen molar-refractivity contribution in [3.05, 3.63) is 17.8 Å². The minimum absolute atomic E-state index is 0.0269. The highest BCUT2D eigenvalue weighted by Gasteiger charge is 2.25. The molecular formula is C18H32N4O2. The summed E-state index contributed by atoms with van der Waals surface area (Å²) in [4.78, 5) is 11.4. The minimum Gasteiger partial charge on any atom is -0.443 e. The van der Waals surface area contributed by atoms with Crippen molar-refractivity contribution in [1.29, 1.82) is 0 Å². The Balaban J connectivity index is 1.97. The van der Waals surface area contributed by atoms with Crippen molar-refractivity contribution in [2.45, 2.75) is 53.0 Å². The summed E-state index contributed by atoms with van der Waals surface area (Å²) >= 11 is 0. The maximum Gasteiger partial charge on any atom is 0.216 e. The molecule has 6 nitrogen and oxygen atoms in total. The molecule has 0 spiro atoms. The predicted octanol–water partition coefficient (Wildman–Crippen LogP) is 2.80. The van der Waals surface area contributed by atoms with Crippen LogP contribution in [0.1, 0.15) is 52.7 Å². The average molecular weight is 336 g/mol. The number of hydrogen-bond acceptors (Lipinski definition) is 4. The van der Waals surface area contributed by atoms with Crippen LogP contribution in [0.25, 0.3) is 0 Å². The molecule has 0 saturated carbocycles. The lowest BCUT2D eigenvalue weighted by molar-refractivity contribution is 0.114. The highest BCUT2D eigenvalue weighted by molar-refractivity contribution is 5.80. The molecule has 1 atom stereocenters. The van der Waals surface area contributed by atoms with Gasteiger partial charge in [-0.3, -0.25) is 0 Å². The summed E-state index contributed by atoms with van der Waals surface area (Å²) in [5, 5.41) is 3.37. The first kappa shape index (κ1) is 18.8. The molecule has 0 aliphatic carbocycles. The van der Waals surface area contributed by atoms with Crippen LogP contribution in [-0.2, 0) is 16.7 Å². The lowest BCUT2D eigenvalue weighted by atomic mass is 9.94. The maximum absolute atomic E-state index is 5.83. The van der Waals surface area contributed by atoms with Crippen LogP contribution in [0.4, 0.5) is 0 Å². The third-order valence-electron chi connectivity index (χ3n) is 4.13. The molecule has 0 bridgehead atoms. The highest BCUT2D eigenvalue weighted by Crippen LogP contribution is 2.23. The van der Waals surface area contributed by atoms with Crippen molar-refractivity contribution in [3.8, 4) is 0 Å². The Morgan fingerprint density at radius 2 is 2.25 bits per heavy atom. The molecule has 1 fully saturated rings. The number of rotatable bonds is 6. The third-order valence-corrected chi connectivity index (χ3v) is 4.13. The number of hydrogen-bond donors (Lipinski definition) is 1. The van der Waals surface area contributed by atoms with Crippen LogP contribution >= 0.6 is 0 Å². The Morgan fingerprint density at radius 3 is 2.88 bits per heavy atom. The number of aliphatic imine (C=N–C) groups is 1. The van der Waals surface area contributed by atoms with E-state index in [9.17, 15) is 0 Å². The second kappa shape index (κ2) is 8.51. The molecule has 24 heavy (non-hydrogen) atoms. The Kier molecular flexibility index (Phi) is 6.66. The van der Waals surface area contributed by atoms with E-state index in [1.54, 1.807) is 0 Å². The zero-order valence-corrected chi connectivity index (χ0v) is 15.8. The third kappa shape index (κ3) is 5.23. The standard InChI is InChI=1S/C18H32N4O2/c1-6-19-17(22-9-8-14(12-22)13-23-7-2)21-11-16-20-10-15(24-16)18(3,4)5/h10,14H,6-9,11-13H2,1-5H3,(H,19,21). The number of guanidine groups is 1. The molecule has 2 rings (SSSR count). The van der Waals surface area contributed by atoms with Gasteiger partial charge in [0.1, 0.15) is 12.3 Å². The smallest absolute Gasteiger partial charge is 0.216 e. The topological polar surface area (TPSA) is 62.9 Å². The van der Waals surface area contributed by atoms with Crippen molar-refractivity contribution in [3.63, 3.8) is 0 Å². The fourth-order valence-corrected chi connectivity index (χ4v) is 2.74. The Labute approximate surface area is 145 Å². The van der Waals surface area contributed by atoms with E-state index in [4.69, 9.17) is 14.1 Å². The molecule has 0 radical (unpaired) electrons. The molecule has 1 aromatic heterocycles. The molecule has 1 unspecified atom stereocenters. The van der Waals surface area contributed by atoms with E-state index in [2.05, 4.69) is 42.9 Å². The van der Waals surface area contributed by atoms with E-state index < -0.39 is 0 Å². The van der Waals surface area contributed by atoms with E-state index in [-0.39, 0.29) is 5.41 Å². The first-order valence-electron chi connectivity index (χ1n) is 9.00. The van der Waals surface area contributed by atoms with Gasteiger partial charge in [0.15, 0.2) is 5.96 Å². The van der Waals surface area contributed by atoms with Crippen LogP contribution in [0.5, 0.6) is 0 Å². The van der Waals surface area contributed by atoms with Gasteiger partial charge in [-0.05, 0) is 20.3 Å². The fourth-order valence-electron chi connectivity index (χ4n) is 2.74. The minimum atomic E-state index is -0.0269. The van der Waals surface area contributed by atoms with Gasteiger partial charge < -0.3 is 19.4 Å². The molecule has 1 aromatic rings. The van der Waals surface area contributed by atoms with Crippen molar-refractivity contribution in [2.24, 2.45) is 10.9 Å². The van der Waals surface area contributed by atoms with Gasteiger partial charge in [-0.25, -0.2) is 9.98 Å². The number of ether oxygens (including phenoxy) is 1. The first-order chi connectivity index (χ1) is 11.4. The van der Waals surface area contributed by atoms with Crippen LogP contribution in [-0.4, -0.2) is 48.7 Å². The lowest BCUT2D eigenvalue weighted by Gasteiger charge is -2.21. The quantitative estimate of drug-likeness (QED) is 0.639. The summed E-state index contributed by atoms with van der Waals surface area (Å²) in [5.41, 5.74) is -0.0269. The van der Waals surface area contributed by atoms with Crippen LogP contribution in [0.2, 0.25) is 0 Å². The second-order valence-corrected chi connectivity index (χ2v) is 7.30. The van der Waals surface area contributed by atoms with Crippen molar-refractivity contribution < 1.29 is 9.15 Å². The van der Waals surface area contributed by atoms with Gasteiger partial charge in [0.2, 0.25) is 5.89 Å². The van der Waals surface area contributed by atoms with Gasteiger partial charge in [0.05, 0.1) is 12.8 Å². The van der Waals surface area contributed by atoms with Gasteiger partial charge in [0.25, 0.3) is 0 Å². The normalized spacial score (nSPS) is 19.1. The zero-order valence-electron chi connectivity index (χ0n) is 15.8. The molecule has 0 amide bonds. The van der Waals surface area contributed by atoms with Gasteiger partial charge in [-0.1, -0.05) is 20.8 Å². The van der Waals surface area contributed by atoms with Crippen LogP contribution in [0, 0.1) is 5.92 Å². The molecule has 1 aliphatic heterocycles. The summed E-state index contributed by atoms with van der Waals surface area (Å²) in [7, 11) is 0.